The normalized spacial score (nSPS) is 11.3. The summed E-state index contributed by atoms with van der Waals surface area (Å²) < 4.78 is 23.6. The standard InChI is InChI=1S/C16H24FNO3/c1-16(2,3)18-11-12-8-13(17)10-14(9-12)21-7-5-6-15(19)20-4/h8-10,18H,5-7,11H2,1-4H3. The van der Waals surface area contributed by atoms with Crippen LogP contribution in [-0.4, -0.2) is 25.2 Å². The lowest BCUT2D eigenvalue weighted by Gasteiger charge is -2.20. The number of rotatable bonds is 7. The van der Waals surface area contributed by atoms with Crippen LogP contribution in [0, 0.1) is 5.82 Å². The van der Waals surface area contributed by atoms with Crippen LogP contribution in [0.3, 0.4) is 0 Å². The Morgan fingerprint density at radius 2 is 2.00 bits per heavy atom. The van der Waals surface area contributed by atoms with Crippen molar-refractivity contribution in [3.8, 4) is 5.75 Å². The number of benzene rings is 1. The molecule has 0 saturated carbocycles. The minimum absolute atomic E-state index is 0.0339. The van der Waals surface area contributed by atoms with Gasteiger partial charge in [0.2, 0.25) is 0 Å². The molecule has 0 radical (unpaired) electrons. The summed E-state index contributed by atoms with van der Waals surface area (Å²) in [6.45, 7) is 7.08. The van der Waals surface area contributed by atoms with Gasteiger partial charge in [-0.25, -0.2) is 4.39 Å². The summed E-state index contributed by atoms with van der Waals surface area (Å²) in [5.41, 5.74) is 0.793. The zero-order valence-corrected chi connectivity index (χ0v) is 13.2. The molecule has 4 nitrogen and oxygen atoms in total. The van der Waals surface area contributed by atoms with E-state index in [9.17, 15) is 9.18 Å². The maximum absolute atomic E-state index is 13.6. The molecular formula is C16H24FNO3. The highest BCUT2D eigenvalue weighted by Gasteiger charge is 2.10. The van der Waals surface area contributed by atoms with Crippen molar-refractivity contribution in [1.82, 2.24) is 5.32 Å². The summed E-state index contributed by atoms with van der Waals surface area (Å²) in [5, 5.41) is 3.30. The van der Waals surface area contributed by atoms with E-state index in [1.54, 1.807) is 6.07 Å². The third-order valence-corrected chi connectivity index (χ3v) is 2.78. The van der Waals surface area contributed by atoms with Gasteiger partial charge < -0.3 is 14.8 Å². The first-order valence-electron chi connectivity index (χ1n) is 7.04. The van der Waals surface area contributed by atoms with Crippen molar-refractivity contribution in [2.75, 3.05) is 13.7 Å². The molecule has 118 valence electrons. The van der Waals surface area contributed by atoms with Gasteiger partial charge in [-0.2, -0.15) is 0 Å². The number of carbonyl (C=O) groups is 1. The number of hydrogen-bond acceptors (Lipinski definition) is 4. The number of carbonyl (C=O) groups excluding carboxylic acids is 1. The molecule has 0 heterocycles. The van der Waals surface area contributed by atoms with Crippen molar-refractivity contribution >= 4 is 5.97 Å². The van der Waals surface area contributed by atoms with Crippen LogP contribution >= 0.6 is 0 Å². The van der Waals surface area contributed by atoms with Gasteiger partial charge in [0, 0.05) is 24.6 Å². The van der Waals surface area contributed by atoms with Crippen molar-refractivity contribution in [2.24, 2.45) is 0 Å². The second-order valence-corrected chi connectivity index (χ2v) is 5.93. The fourth-order valence-electron chi connectivity index (χ4n) is 1.68. The zero-order chi connectivity index (χ0) is 15.9. The Labute approximate surface area is 125 Å². The minimum atomic E-state index is -0.328. The molecule has 0 amide bonds. The fourth-order valence-corrected chi connectivity index (χ4v) is 1.68. The highest BCUT2D eigenvalue weighted by atomic mass is 19.1. The first-order valence-corrected chi connectivity index (χ1v) is 7.04. The van der Waals surface area contributed by atoms with E-state index in [0.717, 1.165) is 5.56 Å². The van der Waals surface area contributed by atoms with Crippen molar-refractivity contribution in [2.45, 2.75) is 45.7 Å². The summed E-state index contributed by atoms with van der Waals surface area (Å²) in [5.74, 6) is -0.121. The number of esters is 1. The number of halogens is 1. The van der Waals surface area contributed by atoms with Gasteiger partial charge in [0.25, 0.3) is 0 Å². The lowest BCUT2D eigenvalue weighted by atomic mass is 10.1. The molecule has 21 heavy (non-hydrogen) atoms. The average Bonchev–Trinajstić information content (AvgIpc) is 2.40. The fraction of sp³-hybridized carbons (Fsp3) is 0.562. The van der Waals surface area contributed by atoms with Gasteiger partial charge in [0.05, 0.1) is 13.7 Å². The van der Waals surface area contributed by atoms with Crippen LogP contribution in [0.4, 0.5) is 4.39 Å². The molecule has 0 aliphatic carbocycles. The van der Waals surface area contributed by atoms with E-state index in [2.05, 4.69) is 30.8 Å². The number of ether oxygens (including phenoxy) is 2. The quantitative estimate of drug-likeness (QED) is 0.621. The number of nitrogens with one attached hydrogen (secondary N) is 1. The predicted octanol–water partition coefficient (Wildman–Crippen LogP) is 3.05. The Bertz CT molecular complexity index is 469. The van der Waals surface area contributed by atoms with E-state index in [0.29, 0.717) is 31.7 Å². The second-order valence-electron chi connectivity index (χ2n) is 5.93. The maximum atomic E-state index is 13.6. The van der Waals surface area contributed by atoms with Gasteiger partial charge in [-0.1, -0.05) is 0 Å². The van der Waals surface area contributed by atoms with Crippen molar-refractivity contribution in [3.05, 3.63) is 29.6 Å². The van der Waals surface area contributed by atoms with Crippen LogP contribution in [0.1, 0.15) is 39.2 Å². The summed E-state index contributed by atoms with van der Waals surface area (Å²) in [6.07, 6.45) is 0.836. The van der Waals surface area contributed by atoms with E-state index in [4.69, 9.17) is 4.74 Å². The zero-order valence-electron chi connectivity index (χ0n) is 13.2. The Balaban J connectivity index is 2.51. The Morgan fingerprint density at radius 3 is 2.62 bits per heavy atom. The van der Waals surface area contributed by atoms with Crippen LogP contribution in [0.2, 0.25) is 0 Å². The van der Waals surface area contributed by atoms with Gasteiger partial charge in [0.15, 0.2) is 0 Å². The average molecular weight is 297 g/mol. The first-order chi connectivity index (χ1) is 9.80. The van der Waals surface area contributed by atoms with E-state index < -0.39 is 0 Å². The molecule has 1 rings (SSSR count). The molecule has 5 heteroatoms. The van der Waals surface area contributed by atoms with Crippen LogP contribution in [0.5, 0.6) is 5.75 Å². The van der Waals surface area contributed by atoms with E-state index in [1.165, 1.54) is 19.2 Å². The van der Waals surface area contributed by atoms with Crippen LogP contribution in [0.15, 0.2) is 18.2 Å². The number of methoxy groups -OCH3 is 1. The summed E-state index contributed by atoms with van der Waals surface area (Å²) in [4.78, 5) is 11.0. The largest absolute Gasteiger partial charge is 0.493 e. The van der Waals surface area contributed by atoms with Gasteiger partial charge >= 0.3 is 5.97 Å². The second kappa shape index (κ2) is 7.98. The van der Waals surface area contributed by atoms with Crippen LogP contribution < -0.4 is 10.1 Å². The first kappa shape index (κ1) is 17.4. The Kier molecular flexibility index (Phi) is 6.62. The lowest BCUT2D eigenvalue weighted by Crippen LogP contribution is -2.35. The molecule has 0 atom stereocenters. The smallest absolute Gasteiger partial charge is 0.305 e. The molecule has 0 saturated heterocycles. The Hall–Kier alpha value is -1.62. The molecule has 0 spiro atoms. The molecule has 0 aromatic heterocycles. The molecule has 0 unspecified atom stereocenters. The number of hydrogen-bond donors (Lipinski definition) is 1. The lowest BCUT2D eigenvalue weighted by molar-refractivity contribution is -0.140. The summed E-state index contributed by atoms with van der Waals surface area (Å²) in [6, 6.07) is 4.64. The molecule has 0 bridgehead atoms. The van der Waals surface area contributed by atoms with E-state index >= 15 is 0 Å². The third kappa shape index (κ3) is 7.66. The van der Waals surface area contributed by atoms with E-state index in [-0.39, 0.29) is 17.3 Å². The SMILES string of the molecule is COC(=O)CCCOc1cc(F)cc(CNC(C)(C)C)c1. The molecule has 1 N–H and O–H groups in total. The minimum Gasteiger partial charge on any atom is -0.493 e. The van der Waals surface area contributed by atoms with Crippen LogP contribution in [0.25, 0.3) is 0 Å². The molecule has 0 aliphatic rings. The third-order valence-electron chi connectivity index (χ3n) is 2.78. The van der Waals surface area contributed by atoms with Gasteiger partial charge in [-0.15, -0.1) is 0 Å². The van der Waals surface area contributed by atoms with Gasteiger partial charge in [0.1, 0.15) is 11.6 Å². The van der Waals surface area contributed by atoms with Gasteiger partial charge in [-0.05, 0) is 44.9 Å². The highest BCUT2D eigenvalue weighted by molar-refractivity contribution is 5.69. The monoisotopic (exact) mass is 297 g/mol. The summed E-state index contributed by atoms with van der Waals surface area (Å²) in [7, 11) is 1.35. The summed E-state index contributed by atoms with van der Waals surface area (Å²) >= 11 is 0. The van der Waals surface area contributed by atoms with Gasteiger partial charge in [-0.3, -0.25) is 4.79 Å². The molecular weight excluding hydrogens is 273 g/mol. The van der Waals surface area contributed by atoms with Crippen molar-refractivity contribution < 1.29 is 18.7 Å². The van der Waals surface area contributed by atoms with Crippen molar-refractivity contribution in [1.29, 1.82) is 0 Å². The Morgan fingerprint density at radius 1 is 1.29 bits per heavy atom. The van der Waals surface area contributed by atoms with Crippen molar-refractivity contribution in [3.63, 3.8) is 0 Å². The molecule has 1 aromatic rings. The topological polar surface area (TPSA) is 47.6 Å². The molecule has 0 fully saturated rings. The predicted molar refractivity (Wildman–Crippen MR) is 79.7 cm³/mol. The molecule has 1 aromatic carbocycles. The van der Waals surface area contributed by atoms with E-state index in [1.807, 2.05) is 0 Å². The highest BCUT2D eigenvalue weighted by Crippen LogP contribution is 2.17. The maximum Gasteiger partial charge on any atom is 0.305 e. The van der Waals surface area contributed by atoms with Crippen LogP contribution in [-0.2, 0) is 16.1 Å². The molecule has 0 aliphatic heterocycles.